The lowest BCUT2D eigenvalue weighted by molar-refractivity contribution is 0.459. The van der Waals surface area contributed by atoms with Crippen LogP contribution in [0.3, 0.4) is 0 Å². The van der Waals surface area contributed by atoms with Gasteiger partial charge >= 0.3 is 0 Å². The summed E-state index contributed by atoms with van der Waals surface area (Å²) in [5, 5.41) is 3.06. The van der Waals surface area contributed by atoms with Crippen molar-refractivity contribution in [3.8, 4) is 11.5 Å². The summed E-state index contributed by atoms with van der Waals surface area (Å²) < 4.78 is 31.5. The Balaban J connectivity index is 2.20. The minimum absolute atomic E-state index is 0.281. The summed E-state index contributed by atoms with van der Waals surface area (Å²) in [6, 6.07) is 9.23. The largest absolute Gasteiger partial charge is 0.457 e. The molecule has 0 amide bonds. The molecule has 2 aromatic rings. The molecule has 2 nitrogen and oxygen atoms in total. The van der Waals surface area contributed by atoms with Crippen LogP contribution in [0.2, 0.25) is 0 Å². The van der Waals surface area contributed by atoms with Crippen LogP contribution in [-0.2, 0) is 6.54 Å². The highest BCUT2D eigenvalue weighted by molar-refractivity contribution is 5.39. The second-order valence-corrected chi connectivity index (χ2v) is 4.31. The van der Waals surface area contributed by atoms with Crippen molar-refractivity contribution in [2.45, 2.75) is 13.5 Å². The monoisotopic (exact) mass is 263 g/mol. The molecular weight excluding hydrogens is 248 g/mol. The summed E-state index contributed by atoms with van der Waals surface area (Å²) in [6.07, 6.45) is 0. The maximum atomic E-state index is 13.1. The van der Waals surface area contributed by atoms with Crippen LogP contribution in [0.15, 0.2) is 36.4 Å². The van der Waals surface area contributed by atoms with Crippen LogP contribution in [0, 0.1) is 18.6 Å². The molecule has 0 fully saturated rings. The highest BCUT2D eigenvalue weighted by atomic mass is 19.2. The fourth-order valence-corrected chi connectivity index (χ4v) is 1.81. The van der Waals surface area contributed by atoms with E-state index in [1.54, 1.807) is 0 Å². The number of benzene rings is 2. The van der Waals surface area contributed by atoms with Crippen molar-refractivity contribution in [1.82, 2.24) is 5.32 Å². The van der Waals surface area contributed by atoms with Gasteiger partial charge < -0.3 is 10.1 Å². The number of hydrogen-bond acceptors (Lipinski definition) is 2. The Morgan fingerprint density at radius 1 is 1.05 bits per heavy atom. The van der Waals surface area contributed by atoms with Crippen LogP contribution in [0.5, 0.6) is 11.5 Å². The minimum atomic E-state index is -0.915. The summed E-state index contributed by atoms with van der Waals surface area (Å²) >= 11 is 0. The molecule has 0 aliphatic carbocycles. The van der Waals surface area contributed by atoms with Gasteiger partial charge in [0, 0.05) is 12.6 Å². The molecule has 0 saturated heterocycles. The van der Waals surface area contributed by atoms with Crippen molar-refractivity contribution >= 4 is 0 Å². The van der Waals surface area contributed by atoms with E-state index in [2.05, 4.69) is 5.32 Å². The van der Waals surface area contributed by atoms with Gasteiger partial charge in [0.2, 0.25) is 0 Å². The maximum Gasteiger partial charge on any atom is 0.162 e. The van der Waals surface area contributed by atoms with Gasteiger partial charge in [-0.25, -0.2) is 8.78 Å². The highest BCUT2D eigenvalue weighted by Gasteiger charge is 2.06. The quantitative estimate of drug-likeness (QED) is 0.906. The van der Waals surface area contributed by atoms with E-state index in [0.29, 0.717) is 5.75 Å². The SMILES string of the molecule is CNCc1ccc(Oc2ccc(F)c(F)c2)c(C)c1. The van der Waals surface area contributed by atoms with Crippen LogP contribution < -0.4 is 10.1 Å². The summed E-state index contributed by atoms with van der Waals surface area (Å²) in [7, 11) is 1.88. The molecule has 0 aliphatic rings. The summed E-state index contributed by atoms with van der Waals surface area (Å²) in [5.41, 5.74) is 2.08. The molecule has 0 atom stereocenters. The van der Waals surface area contributed by atoms with Gasteiger partial charge in [-0.3, -0.25) is 0 Å². The van der Waals surface area contributed by atoms with Crippen molar-refractivity contribution < 1.29 is 13.5 Å². The molecule has 0 heterocycles. The van der Waals surface area contributed by atoms with Crippen LogP contribution >= 0.6 is 0 Å². The standard InChI is InChI=1S/C15H15F2NO/c1-10-7-11(9-18-2)3-6-15(10)19-12-4-5-13(16)14(17)8-12/h3-8,18H,9H2,1-2H3. The minimum Gasteiger partial charge on any atom is -0.457 e. The van der Waals surface area contributed by atoms with Gasteiger partial charge in [0.25, 0.3) is 0 Å². The van der Waals surface area contributed by atoms with Crippen LogP contribution in [0.1, 0.15) is 11.1 Å². The number of hydrogen-bond donors (Lipinski definition) is 1. The fourth-order valence-electron chi connectivity index (χ4n) is 1.81. The predicted molar refractivity (Wildman–Crippen MR) is 70.4 cm³/mol. The van der Waals surface area contributed by atoms with Crippen LogP contribution in [0.25, 0.3) is 0 Å². The molecule has 0 unspecified atom stereocenters. The summed E-state index contributed by atoms with van der Waals surface area (Å²) in [5.74, 6) is -0.885. The molecule has 0 aromatic heterocycles. The predicted octanol–water partition coefficient (Wildman–Crippen LogP) is 3.78. The van der Waals surface area contributed by atoms with E-state index in [1.165, 1.54) is 6.07 Å². The number of halogens is 2. The van der Waals surface area contributed by atoms with Gasteiger partial charge in [0.1, 0.15) is 11.5 Å². The van der Waals surface area contributed by atoms with Gasteiger partial charge in [-0.05, 0) is 43.3 Å². The Morgan fingerprint density at radius 2 is 1.84 bits per heavy atom. The molecule has 4 heteroatoms. The molecule has 0 spiro atoms. The Labute approximate surface area is 111 Å². The molecule has 2 rings (SSSR count). The van der Waals surface area contributed by atoms with E-state index in [0.717, 1.165) is 29.8 Å². The second-order valence-electron chi connectivity index (χ2n) is 4.31. The Bertz CT molecular complexity index is 584. The lowest BCUT2D eigenvalue weighted by atomic mass is 10.1. The van der Waals surface area contributed by atoms with E-state index in [-0.39, 0.29) is 5.75 Å². The number of aryl methyl sites for hydroxylation is 1. The zero-order chi connectivity index (χ0) is 13.8. The van der Waals surface area contributed by atoms with E-state index in [4.69, 9.17) is 4.74 Å². The van der Waals surface area contributed by atoms with Crippen molar-refractivity contribution in [1.29, 1.82) is 0 Å². The normalized spacial score (nSPS) is 10.5. The van der Waals surface area contributed by atoms with E-state index in [9.17, 15) is 8.78 Å². The Hall–Kier alpha value is -1.94. The molecule has 0 radical (unpaired) electrons. The average Bonchev–Trinajstić information content (AvgIpc) is 2.37. The van der Waals surface area contributed by atoms with Gasteiger partial charge in [-0.1, -0.05) is 12.1 Å². The first-order valence-corrected chi connectivity index (χ1v) is 5.97. The molecule has 100 valence electrons. The first-order chi connectivity index (χ1) is 9.10. The first-order valence-electron chi connectivity index (χ1n) is 5.97. The third-order valence-corrected chi connectivity index (χ3v) is 2.74. The average molecular weight is 263 g/mol. The maximum absolute atomic E-state index is 13.1. The summed E-state index contributed by atoms with van der Waals surface area (Å²) in [6.45, 7) is 2.68. The first kappa shape index (κ1) is 13.5. The zero-order valence-electron chi connectivity index (χ0n) is 10.8. The lowest BCUT2D eigenvalue weighted by Gasteiger charge is -2.10. The molecule has 0 saturated carbocycles. The van der Waals surface area contributed by atoms with E-state index in [1.807, 2.05) is 32.2 Å². The van der Waals surface area contributed by atoms with Crippen LogP contribution in [0.4, 0.5) is 8.78 Å². The molecule has 1 N–H and O–H groups in total. The Morgan fingerprint density at radius 3 is 2.47 bits per heavy atom. The summed E-state index contributed by atoms with van der Waals surface area (Å²) in [4.78, 5) is 0. The lowest BCUT2D eigenvalue weighted by Crippen LogP contribution is -2.05. The van der Waals surface area contributed by atoms with E-state index >= 15 is 0 Å². The van der Waals surface area contributed by atoms with Gasteiger partial charge in [0.05, 0.1) is 0 Å². The van der Waals surface area contributed by atoms with Gasteiger partial charge in [-0.15, -0.1) is 0 Å². The van der Waals surface area contributed by atoms with Crippen molar-refractivity contribution in [2.75, 3.05) is 7.05 Å². The molecular formula is C15H15F2NO. The smallest absolute Gasteiger partial charge is 0.162 e. The second kappa shape index (κ2) is 5.80. The molecule has 2 aromatic carbocycles. The fraction of sp³-hybridized carbons (Fsp3) is 0.200. The molecule has 0 aliphatic heterocycles. The van der Waals surface area contributed by atoms with Gasteiger partial charge in [-0.2, -0.15) is 0 Å². The van der Waals surface area contributed by atoms with E-state index < -0.39 is 11.6 Å². The Kier molecular flexibility index (Phi) is 4.12. The van der Waals surface area contributed by atoms with Gasteiger partial charge in [0.15, 0.2) is 11.6 Å². The topological polar surface area (TPSA) is 21.3 Å². The molecule has 0 bridgehead atoms. The zero-order valence-corrected chi connectivity index (χ0v) is 10.8. The third-order valence-electron chi connectivity index (χ3n) is 2.74. The number of rotatable bonds is 4. The molecule has 19 heavy (non-hydrogen) atoms. The van der Waals surface area contributed by atoms with Crippen molar-refractivity contribution in [3.63, 3.8) is 0 Å². The highest BCUT2D eigenvalue weighted by Crippen LogP contribution is 2.26. The van der Waals surface area contributed by atoms with Crippen molar-refractivity contribution in [2.24, 2.45) is 0 Å². The number of ether oxygens (including phenoxy) is 1. The third kappa shape index (κ3) is 3.29. The number of nitrogens with one attached hydrogen (secondary N) is 1. The van der Waals surface area contributed by atoms with Crippen molar-refractivity contribution in [3.05, 3.63) is 59.2 Å². The van der Waals surface area contributed by atoms with Crippen LogP contribution in [-0.4, -0.2) is 7.05 Å².